The van der Waals surface area contributed by atoms with Crippen molar-refractivity contribution in [1.29, 1.82) is 0 Å². The molecule has 4 aromatic carbocycles. The first-order valence-electron chi connectivity index (χ1n) is 13.0. The van der Waals surface area contributed by atoms with Crippen LogP contribution in [-0.4, -0.2) is 17.6 Å². The van der Waals surface area contributed by atoms with Crippen LogP contribution in [0.2, 0.25) is 19.6 Å². The maximum Gasteiger partial charge on any atom is 0.0776 e. The van der Waals surface area contributed by atoms with Crippen LogP contribution in [0.3, 0.4) is 0 Å². The van der Waals surface area contributed by atoms with E-state index in [9.17, 15) is 0 Å². The predicted molar refractivity (Wildman–Crippen MR) is 162 cm³/mol. The molecule has 0 saturated carbocycles. The molecule has 2 heterocycles. The Hall–Kier alpha value is -3.95. The molecule has 0 aliphatic heterocycles. The van der Waals surface area contributed by atoms with Crippen molar-refractivity contribution >= 4 is 35.1 Å². The molecule has 0 fully saturated rings. The standard InChI is InChI=1S/C34H32N2Si/c1-23-19-27(37(3,4)5)16-17-28(23)31-22-35-32(20-24(31)2)25-15-18-34-30(21-25)29-13-9-10-14-33(29)36(34)26-11-7-6-8-12-26/h6-22H,1-5H3. The molecule has 0 aliphatic rings. The second kappa shape index (κ2) is 8.86. The Labute approximate surface area is 220 Å². The van der Waals surface area contributed by atoms with Crippen LogP contribution in [0.25, 0.3) is 49.9 Å². The summed E-state index contributed by atoms with van der Waals surface area (Å²) in [5, 5.41) is 4.01. The second-order valence-electron chi connectivity index (χ2n) is 11.1. The number of benzene rings is 4. The Morgan fingerprint density at radius 3 is 2.05 bits per heavy atom. The molecular formula is C34H32N2Si. The monoisotopic (exact) mass is 496 g/mol. The Kier molecular flexibility index (Phi) is 5.61. The van der Waals surface area contributed by atoms with Gasteiger partial charge < -0.3 is 4.57 Å². The molecule has 3 heteroatoms. The maximum atomic E-state index is 4.95. The molecule has 2 aromatic heterocycles. The van der Waals surface area contributed by atoms with Gasteiger partial charge in [-0.2, -0.15) is 0 Å². The van der Waals surface area contributed by atoms with E-state index in [1.165, 1.54) is 54.9 Å². The highest BCUT2D eigenvalue weighted by atomic mass is 28.3. The van der Waals surface area contributed by atoms with Gasteiger partial charge in [0, 0.05) is 33.8 Å². The molecule has 2 nitrogen and oxygen atoms in total. The third kappa shape index (κ3) is 4.10. The predicted octanol–water partition coefficient (Wildman–Crippen LogP) is 8.67. The van der Waals surface area contributed by atoms with Gasteiger partial charge in [0.05, 0.1) is 24.8 Å². The first kappa shape index (κ1) is 23.4. The third-order valence-corrected chi connectivity index (χ3v) is 9.52. The molecule has 0 saturated heterocycles. The van der Waals surface area contributed by atoms with Gasteiger partial charge in [0.15, 0.2) is 0 Å². The molecule has 0 amide bonds. The summed E-state index contributed by atoms with van der Waals surface area (Å²) < 4.78 is 2.35. The number of fused-ring (bicyclic) bond motifs is 3. The summed E-state index contributed by atoms with van der Waals surface area (Å²) in [4.78, 5) is 4.95. The van der Waals surface area contributed by atoms with Crippen molar-refractivity contribution in [1.82, 2.24) is 9.55 Å². The topological polar surface area (TPSA) is 17.8 Å². The molecule has 0 unspecified atom stereocenters. The van der Waals surface area contributed by atoms with Gasteiger partial charge in [-0.25, -0.2) is 0 Å². The number of aromatic nitrogens is 2. The number of para-hydroxylation sites is 2. The van der Waals surface area contributed by atoms with E-state index in [1.54, 1.807) is 0 Å². The quantitative estimate of drug-likeness (QED) is 0.223. The fraction of sp³-hybridized carbons (Fsp3) is 0.147. The second-order valence-corrected chi connectivity index (χ2v) is 16.2. The lowest BCUT2D eigenvalue weighted by atomic mass is 9.97. The summed E-state index contributed by atoms with van der Waals surface area (Å²) in [5.41, 5.74) is 10.8. The Bertz CT molecular complexity index is 1770. The van der Waals surface area contributed by atoms with Crippen molar-refractivity contribution in [2.45, 2.75) is 33.5 Å². The molecule has 182 valence electrons. The molecule has 0 aliphatic carbocycles. The summed E-state index contributed by atoms with van der Waals surface area (Å²) in [6.45, 7) is 11.6. The minimum absolute atomic E-state index is 1.01. The van der Waals surface area contributed by atoms with Crippen LogP contribution in [0.4, 0.5) is 0 Å². The number of hydrogen-bond donors (Lipinski definition) is 0. The molecular weight excluding hydrogens is 464 g/mol. The van der Waals surface area contributed by atoms with Crippen LogP contribution in [0, 0.1) is 13.8 Å². The van der Waals surface area contributed by atoms with Crippen molar-refractivity contribution in [3.05, 3.63) is 114 Å². The molecule has 6 rings (SSSR count). The lowest BCUT2D eigenvalue weighted by Crippen LogP contribution is -2.37. The minimum atomic E-state index is -1.33. The van der Waals surface area contributed by atoms with Gasteiger partial charge in [0.2, 0.25) is 0 Å². The molecule has 0 N–H and O–H groups in total. The van der Waals surface area contributed by atoms with Gasteiger partial charge >= 0.3 is 0 Å². The van der Waals surface area contributed by atoms with Gasteiger partial charge in [0.25, 0.3) is 0 Å². The molecule has 6 aromatic rings. The molecule has 0 radical (unpaired) electrons. The van der Waals surface area contributed by atoms with E-state index in [4.69, 9.17) is 4.98 Å². The van der Waals surface area contributed by atoms with Crippen LogP contribution < -0.4 is 5.19 Å². The largest absolute Gasteiger partial charge is 0.309 e. The number of rotatable bonds is 4. The Morgan fingerprint density at radius 2 is 1.32 bits per heavy atom. The zero-order valence-electron chi connectivity index (χ0n) is 22.2. The van der Waals surface area contributed by atoms with Crippen LogP contribution in [0.5, 0.6) is 0 Å². The SMILES string of the molecule is Cc1cc([Si](C)(C)C)ccc1-c1cnc(-c2ccc3c(c2)c2ccccc2n3-c2ccccc2)cc1C. The average molecular weight is 497 g/mol. The average Bonchev–Trinajstić information content (AvgIpc) is 3.22. The summed E-state index contributed by atoms with van der Waals surface area (Å²) in [7, 11) is -1.33. The van der Waals surface area contributed by atoms with E-state index in [2.05, 4.69) is 141 Å². The highest BCUT2D eigenvalue weighted by Gasteiger charge is 2.18. The zero-order valence-corrected chi connectivity index (χ0v) is 23.2. The van der Waals surface area contributed by atoms with Gasteiger partial charge in [0.1, 0.15) is 0 Å². The number of pyridine rings is 1. The molecule has 0 atom stereocenters. The zero-order chi connectivity index (χ0) is 25.7. The highest BCUT2D eigenvalue weighted by molar-refractivity contribution is 6.88. The fourth-order valence-corrected chi connectivity index (χ4v) is 6.65. The first-order chi connectivity index (χ1) is 17.8. The van der Waals surface area contributed by atoms with Gasteiger partial charge in [-0.05, 0) is 66.9 Å². The van der Waals surface area contributed by atoms with E-state index >= 15 is 0 Å². The third-order valence-electron chi connectivity index (χ3n) is 7.48. The fourth-order valence-electron chi connectivity index (χ4n) is 5.42. The van der Waals surface area contributed by atoms with E-state index in [0.717, 1.165) is 11.3 Å². The van der Waals surface area contributed by atoms with Crippen LogP contribution in [-0.2, 0) is 0 Å². The molecule has 0 bridgehead atoms. The number of nitrogens with zero attached hydrogens (tertiary/aromatic N) is 2. The molecule has 0 spiro atoms. The van der Waals surface area contributed by atoms with Crippen LogP contribution in [0.15, 0.2) is 103 Å². The smallest absolute Gasteiger partial charge is 0.0776 e. The van der Waals surface area contributed by atoms with Crippen molar-refractivity contribution < 1.29 is 0 Å². The lowest BCUT2D eigenvalue weighted by Gasteiger charge is -2.19. The number of hydrogen-bond acceptors (Lipinski definition) is 1. The van der Waals surface area contributed by atoms with Crippen LogP contribution in [0.1, 0.15) is 11.1 Å². The van der Waals surface area contributed by atoms with Crippen molar-refractivity contribution in [2.75, 3.05) is 0 Å². The minimum Gasteiger partial charge on any atom is -0.309 e. The van der Waals surface area contributed by atoms with Gasteiger partial charge in [-0.1, -0.05) is 85.5 Å². The van der Waals surface area contributed by atoms with Crippen molar-refractivity contribution in [3.8, 4) is 28.1 Å². The summed E-state index contributed by atoms with van der Waals surface area (Å²) in [6, 6.07) is 35.2. The van der Waals surface area contributed by atoms with E-state index in [0.29, 0.717) is 0 Å². The Morgan fingerprint density at radius 1 is 0.622 bits per heavy atom. The highest BCUT2D eigenvalue weighted by Crippen LogP contribution is 2.35. The lowest BCUT2D eigenvalue weighted by molar-refractivity contribution is 1.18. The van der Waals surface area contributed by atoms with Crippen LogP contribution >= 0.6 is 0 Å². The summed E-state index contributed by atoms with van der Waals surface area (Å²) in [6.07, 6.45) is 2.05. The van der Waals surface area contributed by atoms with E-state index < -0.39 is 8.07 Å². The van der Waals surface area contributed by atoms with E-state index in [-0.39, 0.29) is 0 Å². The maximum absolute atomic E-state index is 4.95. The summed E-state index contributed by atoms with van der Waals surface area (Å²) >= 11 is 0. The normalized spacial score (nSPS) is 11.9. The Balaban J connectivity index is 1.45. The van der Waals surface area contributed by atoms with E-state index in [1.807, 2.05) is 0 Å². The number of aryl methyl sites for hydroxylation is 2. The first-order valence-corrected chi connectivity index (χ1v) is 16.5. The summed E-state index contributed by atoms with van der Waals surface area (Å²) in [5.74, 6) is 0. The van der Waals surface area contributed by atoms with Gasteiger partial charge in [-0.15, -0.1) is 0 Å². The van der Waals surface area contributed by atoms with Crippen molar-refractivity contribution in [3.63, 3.8) is 0 Å². The van der Waals surface area contributed by atoms with Crippen molar-refractivity contribution in [2.24, 2.45) is 0 Å². The van der Waals surface area contributed by atoms with Gasteiger partial charge in [-0.3, -0.25) is 4.98 Å². The molecule has 37 heavy (non-hydrogen) atoms.